The Kier molecular flexibility index (Phi) is 6.22. The number of amides is 1. The van der Waals surface area contributed by atoms with Crippen LogP contribution in [0.5, 0.6) is 11.5 Å². The van der Waals surface area contributed by atoms with Gasteiger partial charge in [-0.1, -0.05) is 11.6 Å². The normalized spacial score (nSPS) is 13.6. The molecule has 0 unspecified atom stereocenters. The molecule has 0 N–H and O–H groups in total. The topological polar surface area (TPSA) is 111 Å². The van der Waals surface area contributed by atoms with Crippen molar-refractivity contribution in [1.29, 1.82) is 5.26 Å². The number of nitriles is 1. The van der Waals surface area contributed by atoms with E-state index in [1.807, 2.05) is 6.07 Å². The zero-order chi connectivity index (χ0) is 28.2. The van der Waals surface area contributed by atoms with Gasteiger partial charge in [0, 0.05) is 23.7 Å². The first kappa shape index (κ1) is 26.1. The Morgan fingerprint density at radius 1 is 1.18 bits per heavy atom. The van der Waals surface area contributed by atoms with Gasteiger partial charge < -0.3 is 18.8 Å². The molecule has 1 aliphatic rings. The monoisotopic (exact) mass is 562 g/mol. The number of nitrogens with zero attached hydrogens (tertiary/aromatic N) is 4. The molecular formula is C25H15ClF4N4O5. The van der Waals surface area contributed by atoms with Crippen LogP contribution in [0.3, 0.4) is 0 Å². The molecule has 4 aromatic rings. The predicted octanol–water partition coefficient (Wildman–Crippen LogP) is 5.41. The minimum atomic E-state index is -3.85. The third-order valence-electron chi connectivity index (χ3n) is 5.91. The summed E-state index contributed by atoms with van der Waals surface area (Å²) < 4.78 is 68.6. The van der Waals surface area contributed by atoms with Crippen molar-refractivity contribution in [2.24, 2.45) is 0 Å². The summed E-state index contributed by atoms with van der Waals surface area (Å²) in [7, 11) is 1.35. The smallest absolute Gasteiger partial charge is 0.452 e. The van der Waals surface area contributed by atoms with Crippen molar-refractivity contribution >= 4 is 34.2 Å². The van der Waals surface area contributed by atoms with Crippen LogP contribution < -0.4 is 19.9 Å². The zero-order valence-electron chi connectivity index (χ0n) is 20.0. The standard InChI is InChI=1S/C25H15ClF4N4O5/c1-11-3-17-18(39-25(29,30)38-17)8-16(11)33(2)20(35)10-34-24(36)15-7-19(23(27)28)37-22(15)21(32-34)13-4-12(9-31)5-14(26)6-13/h3-8,23H,10H2,1-2H3. The van der Waals surface area contributed by atoms with Crippen LogP contribution >= 0.6 is 11.6 Å². The molecule has 0 radical (unpaired) electrons. The van der Waals surface area contributed by atoms with Gasteiger partial charge in [-0.3, -0.25) is 9.59 Å². The molecule has 0 spiro atoms. The number of benzene rings is 2. The van der Waals surface area contributed by atoms with Gasteiger partial charge in [-0.2, -0.15) is 10.4 Å². The Bertz CT molecular complexity index is 1760. The van der Waals surface area contributed by atoms with E-state index in [1.165, 1.54) is 37.4 Å². The Morgan fingerprint density at radius 2 is 1.87 bits per heavy atom. The van der Waals surface area contributed by atoms with Gasteiger partial charge in [0.1, 0.15) is 12.2 Å². The van der Waals surface area contributed by atoms with Crippen molar-refractivity contribution in [3.63, 3.8) is 0 Å². The maximum Gasteiger partial charge on any atom is 0.586 e. The molecule has 2 aromatic heterocycles. The number of carbonyl (C=O) groups excluding carboxylic acids is 1. The molecular weight excluding hydrogens is 548 g/mol. The Balaban J connectivity index is 1.57. The maximum absolute atomic E-state index is 13.5. The molecule has 0 atom stereocenters. The highest BCUT2D eigenvalue weighted by Gasteiger charge is 2.44. The number of carbonyl (C=O) groups is 1. The number of aromatic nitrogens is 2. The fraction of sp³-hybridized carbons (Fsp3) is 0.200. The predicted molar refractivity (Wildman–Crippen MR) is 129 cm³/mol. The van der Waals surface area contributed by atoms with Gasteiger partial charge in [-0.05, 0) is 42.8 Å². The average molecular weight is 563 g/mol. The number of hydrogen-bond acceptors (Lipinski definition) is 7. The number of hydrogen-bond donors (Lipinski definition) is 0. The number of anilines is 1. The second-order valence-corrected chi connectivity index (χ2v) is 8.99. The van der Waals surface area contributed by atoms with Crippen LogP contribution in [-0.4, -0.2) is 29.0 Å². The highest BCUT2D eigenvalue weighted by Crippen LogP contribution is 2.44. The summed E-state index contributed by atoms with van der Waals surface area (Å²) in [5, 5.41) is 13.3. The lowest BCUT2D eigenvalue weighted by atomic mass is 10.1. The molecule has 5 rings (SSSR count). The molecule has 0 saturated carbocycles. The van der Waals surface area contributed by atoms with Crippen LogP contribution in [-0.2, 0) is 11.3 Å². The molecule has 9 nitrogen and oxygen atoms in total. The van der Waals surface area contributed by atoms with Crippen molar-refractivity contribution in [1.82, 2.24) is 9.78 Å². The molecule has 1 aliphatic heterocycles. The second kappa shape index (κ2) is 9.32. The van der Waals surface area contributed by atoms with Crippen LogP contribution in [0.25, 0.3) is 22.2 Å². The van der Waals surface area contributed by atoms with Crippen molar-refractivity contribution in [2.45, 2.75) is 26.2 Å². The average Bonchev–Trinajstić information content (AvgIpc) is 3.44. The van der Waals surface area contributed by atoms with Crippen molar-refractivity contribution in [3.8, 4) is 28.8 Å². The first-order valence-corrected chi connectivity index (χ1v) is 11.5. The summed E-state index contributed by atoms with van der Waals surface area (Å²) in [4.78, 5) is 27.4. The van der Waals surface area contributed by atoms with Gasteiger partial charge >= 0.3 is 6.29 Å². The highest BCUT2D eigenvalue weighted by atomic mass is 35.5. The molecule has 200 valence electrons. The first-order valence-electron chi connectivity index (χ1n) is 11.1. The van der Waals surface area contributed by atoms with E-state index in [9.17, 15) is 32.4 Å². The lowest BCUT2D eigenvalue weighted by molar-refractivity contribution is -0.286. The van der Waals surface area contributed by atoms with E-state index in [-0.39, 0.29) is 50.0 Å². The van der Waals surface area contributed by atoms with Crippen molar-refractivity contribution in [2.75, 3.05) is 11.9 Å². The number of fused-ring (bicyclic) bond motifs is 2. The molecule has 14 heteroatoms. The third-order valence-corrected chi connectivity index (χ3v) is 6.13. The van der Waals surface area contributed by atoms with Crippen LogP contribution in [0.2, 0.25) is 5.02 Å². The summed E-state index contributed by atoms with van der Waals surface area (Å²) >= 11 is 6.10. The van der Waals surface area contributed by atoms with Gasteiger partial charge in [-0.15, -0.1) is 8.78 Å². The molecule has 1 amide bonds. The number of halogens is 5. The molecule has 0 saturated heterocycles. The van der Waals surface area contributed by atoms with Gasteiger partial charge in [0.15, 0.2) is 22.8 Å². The Hall–Kier alpha value is -4.57. The number of likely N-dealkylation sites (N-methyl/N-ethyl adjacent to an activating group) is 1. The molecule has 3 heterocycles. The number of alkyl halides is 4. The lowest BCUT2D eigenvalue weighted by Gasteiger charge is -2.20. The van der Waals surface area contributed by atoms with Crippen molar-refractivity contribution in [3.05, 3.63) is 68.7 Å². The maximum atomic E-state index is 13.5. The van der Waals surface area contributed by atoms with Gasteiger partial charge in [0.05, 0.1) is 22.7 Å². The summed E-state index contributed by atoms with van der Waals surface area (Å²) in [5.41, 5.74) is -0.381. The zero-order valence-corrected chi connectivity index (χ0v) is 20.7. The van der Waals surface area contributed by atoms with E-state index >= 15 is 0 Å². The Morgan fingerprint density at radius 3 is 2.54 bits per heavy atom. The van der Waals surface area contributed by atoms with E-state index in [0.29, 0.717) is 5.56 Å². The summed E-state index contributed by atoms with van der Waals surface area (Å²) in [5.74, 6) is -1.98. The summed E-state index contributed by atoms with van der Waals surface area (Å²) in [6.07, 6.45) is -6.90. The quantitative estimate of drug-likeness (QED) is 0.299. The van der Waals surface area contributed by atoms with E-state index in [4.69, 9.17) is 16.0 Å². The van der Waals surface area contributed by atoms with Gasteiger partial charge in [-0.25, -0.2) is 13.5 Å². The first-order chi connectivity index (χ1) is 18.4. The largest absolute Gasteiger partial charge is 0.586 e. The highest BCUT2D eigenvalue weighted by molar-refractivity contribution is 6.31. The number of ether oxygens (including phenoxy) is 2. The van der Waals surface area contributed by atoms with E-state index in [0.717, 1.165) is 15.6 Å². The van der Waals surface area contributed by atoms with Crippen LogP contribution in [0.15, 0.2) is 45.6 Å². The fourth-order valence-electron chi connectivity index (χ4n) is 4.11. The fourth-order valence-corrected chi connectivity index (χ4v) is 4.34. The molecule has 0 aliphatic carbocycles. The SMILES string of the molecule is Cc1cc2c(cc1N(C)C(=O)Cn1nc(-c3cc(Cl)cc(C#N)c3)c3oc(C(F)F)cc3c1=O)OC(F)(F)O2. The molecule has 39 heavy (non-hydrogen) atoms. The third kappa shape index (κ3) is 4.74. The second-order valence-electron chi connectivity index (χ2n) is 8.55. The minimum Gasteiger partial charge on any atom is -0.452 e. The minimum absolute atomic E-state index is 0.104. The number of aryl methyl sites for hydroxylation is 1. The lowest BCUT2D eigenvalue weighted by Crippen LogP contribution is -2.35. The van der Waals surface area contributed by atoms with E-state index < -0.39 is 36.5 Å². The Labute approximate surface area is 221 Å². The van der Waals surface area contributed by atoms with E-state index in [1.54, 1.807) is 6.92 Å². The molecule has 0 fully saturated rings. The number of rotatable bonds is 5. The van der Waals surface area contributed by atoms with Crippen LogP contribution in [0, 0.1) is 18.3 Å². The molecule has 0 bridgehead atoms. The summed E-state index contributed by atoms with van der Waals surface area (Å²) in [6, 6.07) is 9.36. The molecule has 2 aromatic carbocycles. The van der Waals surface area contributed by atoms with Crippen LogP contribution in [0.4, 0.5) is 23.2 Å². The van der Waals surface area contributed by atoms with E-state index in [2.05, 4.69) is 14.6 Å². The van der Waals surface area contributed by atoms with Crippen LogP contribution in [0.1, 0.15) is 23.3 Å². The number of furan rings is 1. The van der Waals surface area contributed by atoms with Gasteiger partial charge in [0.25, 0.3) is 12.0 Å². The van der Waals surface area contributed by atoms with Gasteiger partial charge in [0.2, 0.25) is 5.91 Å². The van der Waals surface area contributed by atoms with Crippen molar-refractivity contribution < 1.29 is 36.2 Å². The summed E-state index contributed by atoms with van der Waals surface area (Å²) in [6.45, 7) is 0.889.